The minimum Gasteiger partial charge on any atom is -0.486 e. The van der Waals surface area contributed by atoms with Gasteiger partial charge >= 0.3 is 0 Å². The first kappa shape index (κ1) is 18.1. The second-order valence-electron chi connectivity index (χ2n) is 6.02. The second kappa shape index (κ2) is 8.10. The number of aryl methyl sites for hydroxylation is 1. The summed E-state index contributed by atoms with van der Waals surface area (Å²) in [5, 5.41) is 2.47. The topological polar surface area (TPSA) is 42.4 Å². The maximum absolute atomic E-state index is 13.0. The second-order valence-corrected chi connectivity index (χ2v) is 6.96. The molecule has 26 heavy (non-hydrogen) atoms. The summed E-state index contributed by atoms with van der Waals surface area (Å²) < 4.78 is 18.7. The van der Waals surface area contributed by atoms with Crippen LogP contribution >= 0.6 is 11.3 Å². The highest BCUT2D eigenvalue weighted by molar-refractivity contribution is 7.09. The first-order valence-electron chi connectivity index (χ1n) is 8.15. The van der Waals surface area contributed by atoms with Crippen LogP contribution in [0.25, 0.3) is 0 Å². The van der Waals surface area contributed by atoms with Gasteiger partial charge in [0.25, 0.3) is 5.91 Å². The molecular weight excluding hydrogens is 351 g/mol. The Labute approximate surface area is 155 Å². The number of thiazole rings is 1. The summed E-state index contributed by atoms with van der Waals surface area (Å²) in [6, 6.07) is 13.9. The van der Waals surface area contributed by atoms with Crippen LogP contribution in [0.15, 0.2) is 53.9 Å². The molecular formula is C20H19FN2O2S. The Kier molecular flexibility index (Phi) is 5.63. The van der Waals surface area contributed by atoms with Crippen molar-refractivity contribution in [3.05, 3.63) is 81.6 Å². The van der Waals surface area contributed by atoms with Gasteiger partial charge in [-0.3, -0.25) is 4.79 Å². The highest BCUT2D eigenvalue weighted by atomic mass is 32.1. The van der Waals surface area contributed by atoms with Gasteiger partial charge in [-0.1, -0.05) is 29.8 Å². The van der Waals surface area contributed by atoms with Crippen LogP contribution in [0.3, 0.4) is 0 Å². The lowest BCUT2D eigenvalue weighted by atomic mass is 10.2. The van der Waals surface area contributed by atoms with E-state index in [2.05, 4.69) is 4.98 Å². The molecule has 0 aliphatic heterocycles. The van der Waals surface area contributed by atoms with Crippen molar-refractivity contribution in [2.24, 2.45) is 0 Å². The average molecular weight is 370 g/mol. The van der Waals surface area contributed by atoms with Gasteiger partial charge in [-0.2, -0.15) is 0 Å². The van der Waals surface area contributed by atoms with Gasteiger partial charge in [0, 0.05) is 19.0 Å². The fourth-order valence-corrected chi connectivity index (χ4v) is 3.07. The average Bonchev–Trinajstić information content (AvgIpc) is 3.11. The number of ether oxygens (including phenoxy) is 1. The van der Waals surface area contributed by atoms with Crippen molar-refractivity contribution in [1.29, 1.82) is 0 Å². The van der Waals surface area contributed by atoms with Crippen LogP contribution in [0.2, 0.25) is 0 Å². The number of nitrogens with zero attached hydrogens (tertiary/aromatic N) is 2. The molecule has 4 nitrogen and oxygen atoms in total. The Morgan fingerprint density at radius 2 is 1.85 bits per heavy atom. The zero-order valence-electron chi connectivity index (χ0n) is 14.6. The summed E-state index contributed by atoms with van der Waals surface area (Å²) in [5.74, 6) is 0.305. The number of amides is 1. The quantitative estimate of drug-likeness (QED) is 0.644. The van der Waals surface area contributed by atoms with Crippen molar-refractivity contribution in [3.8, 4) is 5.75 Å². The van der Waals surface area contributed by atoms with E-state index in [0.717, 1.165) is 16.3 Å². The van der Waals surface area contributed by atoms with Crippen molar-refractivity contribution >= 4 is 17.2 Å². The normalized spacial score (nSPS) is 10.6. The van der Waals surface area contributed by atoms with Crippen molar-refractivity contribution < 1.29 is 13.9 Å². The molecule has 1 amide bonds. The van der Waals surface area contributed by atoms with Crippen LogP contribution in [0.5, 0.6) is 5.75 Å². The molecule has 0 saturated carbocycles. The maximum Gasteiger partial charge on any atom is 0.273 e. The number of halogens is 1. The van der Waals surface area contributed by atoms with Gasteiger partial charge in [-0.05, 0) is 36.8 Å². The molecule has 0 unspecified atom stereocenters. The first-order chi connectivity index (χ1) is 12.5. The predicted octanol–water partition coefficient (Wildman–Crippen LogP) is 4.44. The minimum absolute atomic E-state index is 0.174. The molecule has 0 atom stereocenters. The van der Waals surface area contributed by atoms with E-state index in [1.165, 1.54) is 29.0 Å². The summed E-state index contributed by atoms with van der Waals surface area (Å²) in [6.07, 6.45) is 0. The van der Waals surface area contributed by atoms with Gasteiger partial charge in [0.05, 0.1) is 0 Å². The van der Waals surface area contributed by atoms with Crippen molar-refractivity contribution in [1.82, 2.24) is 9.88 Å². The number of benzene rings is 2. The summed E-state index contributed by atoms with van der Waals surface area (Å²) in [4.78, 5) is 18.4. The molecule has 0 aliphatic carbocycles. The van der Waals surface area contributed by atoms with Crippen molar-refractivity contribution in [2.75, 3.05) is 7.05 Å². The van der Waals surface area contributed by atoms with Gasteiger partial charge in [-0.15, -0.1) is 11.3 Å². The van der Waals surface area contributed by atoms with E-state index in [0.29, 0.717) is 18.8 Å². The molecule has 0 fully saturated rings. The molecule has 1 aromatic heterocycles. The predicted molar refractivity (Wildman–Crippen MR) is 99.8 cm³/mol. The Morgan fingerprint density at radius 1 is 1.15 bits per heavy atom. The summed E-state index contributed by atoms with van der Waals surface area (Å²) in [6.45, 7) is 2.74. The molecule has 2 aromatic carbocycles. The monoisotopic (exact) mass is 370 g/mol. The van der Waals surface area contributed by atoms with Crippen LogP contribution in [0, 0.1) is 12.7 Å². The molecule has 134 valence electrons. The fraction of sp³-hybridized carbons (Fsp3) is 0.200. The standard InChI is InChI=1S/C20H19FN2O2S/c1-14-3-9-17(10-4-14)25-12-19-22-18(13-26-19)20(24)23(2)11-15-5-7-16(21)8-6-15/h3-10,13H,11-12H2,1-2H3. The van der Waals surface area contributed by atoms with Crippen molar-refractivity contribution in [3.63, 3.8) is 0 Å². The smallest absolute Gasteiger partial charge is 0.273 e. The van der Waals surface area contributed by atoms with E-state index in [1.54, 1.807) is 29.5 Å². The van der Waals surface area contributed by atoms with Crippen molar-refractivity contribution in [2.45, 2.75) is 20.1 Å². The fourth-order valence-electron chi connectivity index (χ4n) is 2.39. The number of hydrogen-bond donors (Lipinski definition) is 0. The summed E-state index contributed by atoms with van der Waals surface area (Å²) in [7, 11) is 1.70. The SMILES string of the molecule is Cc1ccc(OCc2nc(C(=O)N(C)Cc3ccc(F)cc3)cs2)cc1. The molecule has 6 heteroatoms. The van der Waals surface area contributed by atoms with E-state index in [4.69, 9.17) is 4.74 Å². The molecule has 1 heterocycles. The third-order valence-corrected chi connectivity index (χ3v) is 4.66. The Hall–Kier alpha value is -2.73. The van der Waals surface area contributed by atoms with Crippen LogP contribution in [0.4, 0.5) is 4.39 Å². The molecule has 0 N–H and O–H groups in total. The summed E-state index contributed by atoms with van der Waals surface area (Å²) in [5.41, 5.74) is 2.42. The Morgan fingerprint density at radius 3 is 2.54 bits per heavy atom. The third kappa shape index (κ3) is 4.67. The molecule has 3 aromatic rings. The van der Waals surface area contributed by atoms with E-state index >= 15 is 0 Å². The molecule has 0 bridgehead atoms. The number of rotatable bonds is 6. The highest BCUT2D eigenvalue weighted by Crippen LogP contribution is 2.17. The van der Waals surface area contributed by atoms with Gasteiger partial charge in [0.2, 0.25) is 0 Å². The summed E-state index contributed by atoms with van der Waals surface area (Å²) >= 11 is 1.39. The Bertz CT molecular complexity index is 876. The molecule has 0 saturated heterocycles. The molecule has 0 radical (unpaired) electrons. The number of hydrogen-bond acceptors (Lipinski definition) is 4. The molecule has 0 aliphatic rings. The van der Waals surface area contributed by atoms with Gasteiger partial charge < -0.3 is 9.64 Å². The number of carbonyl (C=O) groups excluding carboxylic acids is 1. The molecule has 3 rings (SSSR count). The Balaban J connectivity index is 1.58. The number of carbonyl (C=O) groups is 1. The maximum atomic E-state index is 13.0. The lowest BCUT2D eigenvalue weighted by molar-refractivity contribution is 0.0779. The minimum atomic E-state index is -0.291. The van der Waals surface area contributed by atoms with E-state index in [9.17, 15) is 9.18 Å². The number of aromatic nitrogens is 1. The van der Waals surface area contributed by atoms with Crippen LogP contribution < -0.4 is 4.74 Å². The van der Waals surface area contributed by atoms with Gasteiger partial charge in [0.1, 0.15) is 28.9 Å². The zero-order chi connectivity index (χ0) is 18.5. The van der Waals surface area contributed by atoms with Gasteiger partial charge in [0.15, 0.2) is 0 Å². The third-order valence-electron chi connectivity index (χ3n) is 3.83. The van der Waals surface area contributed by atoms with Crippen LogP contribution in [-0.4, -0.2) is 22.8 Å². The first-order valence-corrected chi connectivity index (χ1v) is 9.03. The lowest BCUT2D eigenvalue weighted by Crippen LogP contribution is -2.26. The van der Waals surface area contributed by atoms with E-state index < -0.39 is 0 Å². The highest BCUT2D eigenvalue weighted by Gasteiger charge is 2.16. The van der Waals surface area contributed by atoms with Crippen LogP contribution in [-0.2, 0) is 13.2 Å². The molecule has 0 spiro atoms. The van der Waals surface area contributed by atoms with E-state index in [1.807, 2.05) is 31.2 Å². The largest absolute Gasteiger partial charge is 0.486 e. The lowest BCUT2D eigenvalue weighted by Gasteiger charge is -2.15. The zero-order valence-corrected chi connectivity index (χ0v) is 15.4. The van der Waals surface area contributed by atoms with E-state index in [-0.39, 0.29) is 11.7 Å². The van der Waals surface area contributed by atoms with Gasteiger partial charge in [-0.25, -0.2) is 9.37 Å². The van der Waals surface area contributed by atoms with Crippen LogP contribution in [0.1, 0.15) is 26.6 Å².